The Morgan fingerprint density at radius 2 is 1.94 bits per heavy atom. The van der Waals surface area contributed by atoms with Gasteiger partial charge in [0.25, 0.3) is 11.8 Å². The molecule has 1 fully saturated rings. The second-order valence-electron chi connectivity index (χ2n) is 8.56. The van der Waals surface area contributed by atoms with Crippen LogP contribution in [-0.2, 0) is 11.8 Å². The normalized spacial score (nSPS) is 18.2. The van der Waals surface area contributed by atoms with Gasteiger partial charge in [-0.2, -0.15) is 5.10 Å². The minimum Gasteiger partial charge on any atom is -0.372 e. The Kier molecular flexibility index (Phi) is 7.24. The fourth-order valence-corrected chi connectivity index (χ4v) is 4.78. The van der Waals surface area contributed by atoms with Gasteiger partial charge in [-0.25, -0.2) is 13.8 Å². The third kappa shape index (κ3) is 5.24. The van der Waals surface area contributed by atoms with E-state index >= 15 is 0 Å². The van der Waals surface area contributed by atoms with E-state index in [1.165, 1.54) is 30.6 Å². The first-order valence-corrected chi connectivity index (χ1v) is 11.9. The zero-order valence-corrected chi connectivity index (χ0v) is 20.4. The molecule has 2 unspecified atom stereocenters. The molecule has 1 aliphatic heterocycles. The summed E-state index contributed by atoms with van der Waals surface area (Å²) >= 11 is 0.924. The van der Waals surface area contributed by atoms with Crippen LogP contribution in [0.4, 0.5) is 14.5 Å². The molecule has 1 aromatic carbocycles. The molecule has 0 aliphatic carbocycles. The van der Waals surface area contributed by atoms with Crippen molar-refractivity contribution in [3.63, 3.8) is 0 Å². The predicted molar refractivity (Wildman–Crippen MR) is 127 cm³/mol. The minimum absolute atomic E-state index is 0.00384. The minimum atomic E-state index is -0.935. The van der Waals surface area contributed by atoms with Crippen LogP contribution in [-0.4, -0.2) is 58.2 Å². The molecule has 2 aromatic heterocycles. The van der Waals surface area contributed by atoms with Crippen molar-refractivity contribution < 1.29 is 23.1 Å². The smallest absolute Gasteiger partial charge is 0.275 e. The molecule has 35 heavy (non-hydrogen) atoms. The molecule has 1 saturated heterocycles. The summed E-state index contributed by atoms with van der Waals surface area (Å²) in [6.07, 6.45) is 3.48. The van der Waals surface area contributed by atoms with E-state index in [9.17, 15) is 18.4 Å². The number of benzene rings is 1. The molecule has 12 heteroatoms. The van der Waals surface area contributed by atoms with Gasteiger partial charge >= 0.3 is 0 Å². The largest absolute Gasteiger partial charge is 0.372 e. The maximum atomic E-state index is 14.7. The van der Waals surface area contributed by atoms with E-state index in [1.54, 1.807) is 11.7 Å². The van der Waals surface area contributed by atoms with Crippen molar-refractivity contribution in [2.24, 2.45) is 12.8 Å². The Balaban J connectivity index is 1.55. The molecule has 0 spiro atoms. The number of aryl methyl sites for hydroxylation is 1. The zero-order valence-electron chi connectivity index (χ0n) is 19.5. The van der Waals surface area contributed by atoms with Gasteiger partial charge in [-0.15, -0.1) is 11.3 Å². The van der Waals surface area contributed by atoms with Crippen molar-refractivity contribution in [3.05, 3.63) is 52.3 Å². The van der Waals surface area contributed by atoms with Gasteiger partial charge in [0.05, 0.1) is 23.1 Å². The molecule has 0 radical (unpaired) electrons. The molecule has 9 nitrogen and oxygen atoms in total. The Labute approximate surface area is 204 Å². The van der Waals surface area contributed by atoms with Gasteiger partial charge in [0, 0.05) is 44.7 Å². The number of nitrogens with zero attached hydrogens (tertiary/aromatic N) is 4. The average Bonchev–Trinajstić information content (AvgIpc) is 3.36. The number of anilines is 1. The molecule has 3 heterocycles. The Morgan fingerprint density at radius 3 is 2.63 bits per heavy atom. The average molecular weight is 505 g/mol. The number of carbonyl (C=O) groups is 2. The highest BCUT2D eigenvalue weighted by molar-refractivity contribution is 7.13. The quantitative estimate of drug-likeness (QED) is 0.551. The van der Waals surface area contributed by atoms with Gasteiger partial charge in [0.2, 0.25) is 0 Å². The van der Waals surface area contributed by atoms with Crippen LogP contribution in [0.1, 0.15) is 51.9 Å². The Bertz CT molecular complexity index is 1230. The maximum Gasteiger partial charge on any atom is 0.275 e. The van der Waals surface area contributed by atoms with Gasteiger partial charge in [-0.05, 0) is 31.4 Å². The number of amides is 2. The summed E-state index contributed by atoms with van der Waals surface area (Å²) in [5, 5.41) is 8.43. The second kappa shape index (κ2) is 10.2. The number of halogens is 2. The number of hydrogen-bond donors (Lipinski definition) is 2. The molecular formula is C23H26F2N6O3S. The van der Waals surface area contributed by atoms with Crippen molar-refractivity contribution in [3.8, 4) is 10.6 Å². The van der Waals surface area contributed by atoms with E-state index in [1.807, 2.05) is 0 Å². The summed E-state index contributed by atoms with van der Waals surface area (Å²) in [5.74, 6) is -2.95. The number of nitrogens with two attached hydrogens (primary N) is 1. The molecule has 3 N–H and O–H groups in total. The summed E-state index contributed by atoms with van der Waals surface area (Å²) in [4.78, 5) is 30.3. The van der Waals surface area contributed by atoms with E-state index in [4.69, 9.17) is 10.5 Å². The first-order valence-electron chi connectivity index (χ1n) is 11.0. The lowest BCUT2D eigenvalue weighted by atomic mass is 10.1. The van der Waals surface area contributed by atoms with Crippen LogP contribution in [0.2, 0.25) is 0 Å². The lowest BCUT2D eigenvalue weighted by Crippen LogP contribution is -2.22. The predicted octanol–water partition coefficient (Wildman–Crippen LogP) is 3.34. The van der Waals surface area contributed by atoms with Gasteiger partial charge in [0.1, 0.15) is 28.4 Å². The van der Waals surface area contributed by atoms with Gasteiger partial charge in [-0.3, -0.25) is 14.3 Å². The summed E-state index contributed by atoms with van der Waals surface area (Å²) < 4.78 is 37.0. The van der Waals surface area contributed by atoms with E-state index in [0.29, 0.717) is 24.4 Å². The number of hydrogen-bond acceptors (Lipinski definition) is 7. The highest BCUT2D eigenvalue weighted by atomic mass is 32.1. The molecule has 0 bridgehead atoms. The van der Waals surface area contributed by atoms with E-state index in [2.05, 4.69) is 15.4 Å². The van der Waals surface area contributed by atoms with Crippen molar-refractivity contribution >= 4 is 28.8 Å². The summed E-state index contributed by atoms with van der Waals surface area (Å²) in [6.45, 7) is 0.510. The van der Waals surface area contributed by atoms with Crippen LogP contribution < -0.4 is 11.1 Å². The first-order chi connectivity index (χ1) is 16.7. The number of ether oxygens (including phenoxy) is 1. The van der Waals surface area contributed by atoms with Crippen molar-refractivity contribution in [2.45, 2.75) is 31.4 Å². The number of aromatic nitrogens is 3. The topological polar surface area (TPSA) is 115 Å². The molecular weight excluding hydrogens is 478 g/mol. The third-order valence-electron chi connectivity index (χ3n) is 5.79. The summed E-state index contributed by atoms with van der Waals surface area (Å²) in [6, 6.07) is 1.99. The van der Waals surface area contributed by atoms with E-state index < -0.39 is 29.0 Å². The SMILES string of the molecule is CN(C)C(=O)c1cc(F)c(-c2nc(C(=O)Nc3cnn(C)c3C3CCC(N)CCO3)cs2)c(F)c1. The van der Waals surface area contributed by atoms with Gasteiger partial charge in [0.15, 0.2) is 0 Å². The molecule has 3 aromatic rings. The fraction of sp³-hybridized carbons (Fsp3) is 0.391. The number of carbonyl (C=O) groups excluding carboxylic acids is 2. The maximum absolute atomic E-state index is 14.7. The standard InChI is InChI=1S/C23H26F2N6O3S/c1-30(2)23(33)12-8-14(24)19(15(25)9-12)22-29-17(11-35-22)21(32)28-16-10-27-31(3)20(16)18-5-4-13(26)6-7-34-18/h8-11,13,18H,4-7,26H2,1-3H3,(H,28,32). The van der Waals surface area contributed by atoms with Gasteiger partial charge < -0.3 is 20.7 Å². The fourth-order valence-electron chi connectivity index (χ4n) is 3.93. The highest BCUT2D eigenvalue weighted by Crippen LogP contribution is 2.33. The Hall–Kier alpha value is -3.22. The monoisotopic (exact) mass is 504 g/mol. The lowest BCUT2D eigenvalue weighted by Gasteiger charge is -2.17. The van der Waals surface area contributed by atoms with Crippen LogP contribution in [0.25, 0.3) is 10.6 Å². The number of thiazole rings is 1. The van der Waals surface area contributed by atoms with Crippen molar-refractivity contribution in [1.82, 2.24) is 19.7 Å². The molecule has 186 valence electrons. The lowest BCUT2D eigenvalue weighted by molar-refractivity contribution is 0.0529. The second-order valence-corrected chi connectivity index (χ2v) is 9.42. The molecule has 1 aliphatic rings. The molecule has 2 atom stereocenters. The van der Waals surface area contributed by atoms with Crippen LogP contribution in [0, 0.1) is 11.6 Å². The summed E-state index contributed by atoms with van der Waals surface area (Å²) in [5.41, 5.74) is 6.70. The molecule has 0 saturated carbocycles. The third-order valence-corrected chi connectivity index (χ3v) is 6.65. The highest BCUT2D eigenvalue weighted by Gasteiger charge is 2.26. The summed E-state index contributed by atoms with van der Waals surface area (Å²) in [7, 11) is 4.74. The zero-order chi connectivity index (χ0) is 25.3. The Morgan fingerprint density at radius 1 is 1.23 bits per heavy atom. The van der Waals surface area contributed by atoms with Crippen LogP contribution in [0.3, 0.4) is 0 Å². The van der Waals surface area contributed by atoms with Crippen molar-refractivity contribution in [2.75, 3.05) is 26.0 Å². The van der Waals surface area contributed by atoms with E-state index in [0.717, 1.165) is 36.3 Å². The van der Waals surface area contributed by atoms with E-state index in [-0.39, 0.29) is 28.4 Å². The van der Waals surface area contributed by atoms with Crippen LogP contribution >= 0.6 is 11.3 Å². The number of rotatable bonds is 5. The first kappa shape index (κ1) is 24.9. The van der Waals surface area contributed by atoms with Crippen LogP contribution in [0.5, 0.6) is 0 Å². The van der Waals surface area contributed by atoms with Crippen molar-refractivity contribution in [1.29, 1.82) is 0 Å². The molecule has 2 amide bonds. The molecule has 4 rings (SSSR count). The number of nitrogens with one attached hydrogen (secondary N) is 1. The van der Waals surface area contributed by atoms with Gasteiger partial charge in [-0.1, -0.05) is 0 Å². The van der Waals surface area contributed by atoms with Crippen LogP contribution in [0.15, 0.2) is 23.7 Å².